The Labute approximate surface area is 129 Å². The van der Waals surface area contributed by atoms with Crippen molar-refractivity contribution >= 4 is 0 Å². The van der Waals surface area contributed by atoms with Crippen LogP contribution in [0.5, 0.6) is 0 Å². The molecule has 0 fully saturated rings. The molecule has 2 nitrogen and oxygen atoms in total. The quantitative estimate of drug-likeness (QED) is 0.777. The number of benzene rings is 1. The molecule has 0 aliphatic carbocycles. The zero-order valence-corrected chi connectivity index (χ0v) is 14.4. The van der Waals surface area contributed by atoms with Crippen molar-refractivity contribution in [3.8, 4) is 0 Å². The van der Waals surface area contributed by atoms with Gasteiger partial charge < -0.3 is 5.32 Å². The van der Waals surface area contributed by atoms with E-state index in [0.717, 1.165) is 18.7 Å². The fourth-order valence-electron chi connectivity index (χ4n) is 2.56. The first-order valence-electron chi connectivity index (χ1n) is 8.01. The van der Waals surface area contributed by atoms with Gasteiger partial charge >= 0.3 is 0 Å². The molecule has 0 saturated carbocycles. The van der Waals surface area contributed by atoms with Crippen LogP contribution in [0.4, 0.5) is 4.39 Å². The molecule has 0 amide bonds. The number of hydrogen-bond acceptors (Lipinski definition) is 2. The van der Waals surface area contributed by atoms with E-state index in [2.05, 4.69) is 51.9 Å². The summed E-state index contributed by atoms with van der Waals surface area (Å²) in [4.78, 5) is 2.26. The number of nitrogens with zero attached hydrogens (tertiary/aromatic N) is 1. The van der Waals surface area contributed by atoms with Crippen LogP contribution in [0.25, 0.3) is 0 Å². The summed E-state index contributed by atoms with van der Waals surface area (Å²) in [6.07, 6.45) is 0. The zero-order chi connectivity index (χ0) is 16.0. The molecule has 3 unspecified atom stereocenters. The molecule has 1 rings (SSSR count). The molecule has 120 valence electrons. The molecule has 1 N–H and O–H groups in total. The Bertz CT molecular complexity index is 419. The normalized spacial score (nSPS) is 16.2. The van der Waals surface area contributed by atoms with Crippen LogP contribution in [-0.4, -0.2) is 31.1 Å². The largest absolute Gasteiger partial charge is 0.316 e. The van der Waals surface area contributed by atoms with Gasteiger partial charge in [-0.3, -0.25) is 4.90 Å². The fraction of sp³-hybridized carbons (Fsp3) is 0.667. The lowest BCUT2D eigenvalue weighted by molar-refractivity contribution is 0.147. The van der Waals surface area contributed by atoms with Gasteiger partial charge in [-0.2, -0.15) is 0 Å². The van der Waals surface area contributed by atoms with Crippen molar-refractivity contribution in [2.45, 2.75) is 46.7 Å². The van der Waals surface area contributed by atoms with E-state index in [1.165, 1.54) is 6.07 Å². The monoisotopic (exact) mass is 294 g/mol. The maximum atomic E-state index is 13.9. The van der Waals surface area contributed by atoms with Crippen molar-refractivity contribution in [2.75, 3.05) is 20.1 Å². The lowest BCUT2D eigenvalue weighted by atomic mass is 9.98. The van der Waals surface area contributed by atoms with E-state index in [1.807, 2.05) is 12.1 Å². The Morgan fingerprint density at radius 2 is 1.67 bits per heavy atom. The third-order valence-electron chi connectivity index (χ3n) is 4.45. The van der Waals surface area contributed by atoms with Crippen LogP contribution in [0.2, 0.25) is 0 Å². The lowest BCUT2D eigenvalue weighted by Crippen LogP contribution is -2.41. The standard InChI is InChI=1S/C18H31FN2/c1-13(2)11-20-12-14(3)15(4)21(6)16(5)17-9-7-8-10-18(17)19/h7-10,13-16,20H,11-12H2,1-6H3. The van der Waals surface area contributed by atoms with Crippen molar-refractivity contribution in [2.24, 2.45) is 11.8 Å². The summed E-state index contributed by atoms with van der Waals surface area (Å²) in [6.45, 7) is 13.0. The Balaban J connectivity index is 2.60. The maximum Gasteiger partial charge on any atom is 0.127 e. The molecule has 3 atom stereocenters. The van der Waals surface area contributed by atoms with Gasteiger partial charge in [0.1, 0.15) is 5.82 Å². The number of halogens is 1. The van der Waals surface area contributed by atoms with Crippen LogP contribution in [0, 0.1) is 17.7 Å². The molecule has 0 heterocycles. The predicted octanol–water partition coefficient (Wildman–Crippen LogP) is 4.09. The first-order chi connectivity index (χ1) is 9.84. The third-order valence-corrected chi connectivity index (χ3v) is 4.45. The Hall–Kier alpha value is -0.930. The number of nitrogens with one attached hydrogen (secondary N) is 1. The highest BCUT2D eigenvalue weighted by Crippen LogP contribution is 2.25. The molecule has 0 radical (unpaired) electrons. The van der Waals surface area contributed by atoms with Gasteiger partial charge in [0.2, 0.25) is 0 Å². The molecular weight excluding hydrogens is 263 g/mol. The molecule has 21 heavy (non-hydrogen) atoms. The van der Waals surface area contributed by atoms with Gasteiger partial charge in [-0.25, -0.2) is 4.39 Å². The Kier molecular flexibility index (Phi) is 7.33. The predicted molar refractivity (Wildman–Crippen MR) is 88.9 cm³/mol. The summed E-state index contributed by atoms with van der Waals surface area (Å²) in [5.41, 5.74) is 0.772. The summed E-state index contributed by atoms with van der Waals surface area (Å²) < 4.78 is 13.9. The molecule has 0 aliphatic rings. The Morgan fingerprint density at radius 3 is 2.24 bits per heavy atom. The van der Waals surface area contributed by atoms with Crippen LogP contribution >= 0.6 is 0 Å². The van der Waals surface area contributed by atoms with E-state index in [-0.39, 0.29) is 11.9 Å². The number of hydrogen-bond donors (Lipinski definition) is 1. The molecule has 1 aromatic carbocycles. The minimum Gasteiger partial charge on any atom is -0.316 e. The smallest absolute Gasteiger partial charge is 0.127 e. The maximum absolute atomic E-state index is 13.9. The molecule has 0 saturated heterocycles. The van der Waals surface area contributed by atoms with Crippen LogP contribution < -0.4 is 5.32 Å². The second-order valence-electron chi connectivity index (χ2n) is 6.63. The summed E-state index contributed by atoms with van der Waals surface area (Å²) in [5.74, 6) is 1.07. The van der Waals surface area contributed by atoms with Crippen molar-refractivity contribution in [3.63, 3.8) is 0 Å². The highest BCUT2D eigenvalue weighted by Gasteiger charge is 2.23. The molecule has 0 aliphatic heterocycles. The lowest BCUT2D eigenvalue weighted by Gasteiger charge is -2.35. The van der Waals surface area contributed by atoms with Gasteiger partial charge in [0.25, 0.3) is 0 Å². The van der Waals surface area contributed by atoms with Crippen LogP contribution in [0.15, 0.2) is 24.3 Å². The second-order valence-corrected chi connectivity index (χ2v) is 6.63. The van der Waals surface area contributed by atoms with Crippen molar-refractivity contribution < 1.29 is 4.39 Å². The average Bonchev–Trinajstić information content (AvgIpc) is 2.45. The highest BCUT2D eigenvalue weighted by atomic mass is 19.1. The van der Waals surface area contributed by atoms with Gasteiger partial charge in [0.15, 0.2) is 0 Å². The molecule has 3 heteroatoms. The molecule has 0 aromatic heterocycles. The molecule has 0 bridgehead atoms. The van der Waals surface area contributed by atoms with Crippen LogP contribution in [0.3, 0.4) is 0 Å². The van der Waals surface area contributed by atoms with Gasteiger partial charge in [0.05, 0.1) is 0 Å². The second kappa shape index (κ2) is 8.50. The van der Waals surface area contributed by atoms with Crippen molar-refractivity contribution in [1.82, 2.24) is 10.2 Å². The van der Waals surface area contributed by atoms with E-state index < -0.39 is 0 Å². The van der Waals surface area contributed by atoms with Gasteiger partial charge in [-0.05, 0) is 51.9 Å². The molecule has 0 spiro atoms. The SMILES string of the molecule is CC(C)CNCC(C)C(C)N(C)C(C)c1ccccc1F. The van der Waals surface area contributed by atoms with E-state index in [4.69, 9.17) is 0 Å². The van der Waals surface area contributed by atoms with Gasteiger partial charge in [-0.15, -0.1) is 0 Å². The van der Waals surface area contributed by atoms with E-state index >= 15 is 0 Å². The Morgan fingerprint density at radius 1 is 1.05 bits per heavy atom. The molecule has 1 aromatic rings. The minimum absolute atomic E-state index is 0.0775. The number of rotatable bonds is 8. The van der Waals surface area contributed by atoms with E-state index in [0.29, 0.717) is 17.9 Å². The van der Waals surface area contributed by atoms with Crippen molar-refractivity contribution in [1.29, 1.82) is 0 Å². The van der Waals surface area contributed by atoms with Crippen molar-refractivity contribution in [3.05, 3.63) is 35.6 Å². The topological polar surface area (TPSA) is 15.3 Å². The highest BCUT2D eigenvalue weighted by molar-refractivity contribution is 5.20. The van der Waals surface area contributed by atoms with Gasteiger partial charge in [0, 0.05) is 17.6 Å². The first kappa shape index (κ1) is 18.1. The summed E-state index contributed by atoms with van der Waals surface area (Å²) in [7, 11) is 2.08. The first-order valence-corrected chi connectivity index (χ1v) is 8.01. The van der Waals surface area contributed by atoms with Crippen LogP contribution in [0.1, 0.15) is 46.2 Å². The van der Waals surface area contributed by atoms with E-state index in [9.17, 15) is 4.39 Å². The average molecular weight is 294 g/mol. The third kappa shape index (κ3) is 5.40. The molecular formula is C18H31FN2. The summed E-state index contributed by atoms with van der Waals surface area (Å²) in [5, 5.41) is 3.51. The van der Waals surface area contributed by atoms with Crippen LogP contribution in [-0.2, 0) is 0 Å². The summed E-state index contributed by atoms with van der Waals surface area (Å²) >= 11 is 0. The minimum atomic E-state index is -0.116. The summed E-state index contributed by atoms with van der Waals surface area (Å²) in [6, 6.07) is 7.53. The van der Waals surface area contributed by atoms with E-state index in [1.54, 1.807) is 6.07 Å². The fourth-order valence-corrected chi connectivity index (χ4v) is 2.56. The van der Waals surface area contributed by atoms with Gasteiger partial charge in [-0.1, -0.05) is 39.0 Å². The zero-order valence-electron chi connectivity index (χ0n) is 14.4.